The number of thioether (sulfide) groups is 1. The van der Waals surface area contributed by atoms with E-state index in [1.54, 1.807) is 18.2 Å². The van der Waals surface area contributed by atoms with Gasteiger partial charge in [-0.05, 0) is 50.2 Å². The highest BCUT2D eigenvalue weighted by Crippen LogP contribution is 2.34. The second-order valence-electron chi connectivity index (χ2n) is 6.37. The summed E-state index contributed by atoms with van der Waals surface area (Å²) >= 11 is 7.33. The van der Waals surface area contributed by atoms with Crippen LogP contribution in [0.4, 0.5) is 5.69 Å². The molecular weight excluding hydrogens is 412 g/mol. The summed E-state index contributed by atoms with van der Waals surface area (Å²) in [6.07, 6.45) is 0. The van der Waals surface area contributed by atoms with E-state index in [1.165, 1.54) is 11.8 Å². The lowest BCUT2D eigenvalue weighted by molar-refractivity contribution is -0.115. The molecule has 0 aliphatic carbocycles. The molecule has 29 heavy (non-hydrogen) atoms. The number of anilines is 1. The number of benzene rings is 2. The lowest BCUT2D eigenvalue weighted by atomic mass is 10.2. The van der Waals surface area contributed by atoms with Crippen molar-refractivity contribution in [1.29, 1.82) is 0 Å². The van der Waals surface area contributed by atoms with Crippen LogP contribution < -0.4 is 14.8 Å². The maximum atomic E-state index is 12.7. The minimum atomic E-state index is -0.368. The van der Waals surface area contributed by atoms with Gasteiger partial charge in [0.05, 0.1) is 5.25 Å². The van der Waals surface area contributed by atoms with Gasteiger partial charge in [0.25, 0.3) is 0 Å². The Hall–Kier alpha value is -2.71. The Balaban J connectivity index is 1.47. The summed E-state index contributed by atoms with van der Waals surface area (Å²) < 4.78 is 12.6. The molecule has 1 atom stereocenters. The Bertz CT molecular complexity index is 1040. The molecule has 1 amide bonds. The first-order valence-corrected chi connectivity index (χ1v) is 10.4. The molecule has 0 saturated carbocycles. The number of nitrogens with zero attached hydrogens (tertiary/aromatic N) is 3. The van der Waals surface area contributed by atoms with Crippen molar-refractivity contribution >= 4 is 35.0 Å². The van der Waals surface area contributed by atoms with Crippen molar-refractivity contribution in [2.24, 2.45) is 0 Å². The maximum Gasteiger partial charge on any atom is 0.237 e. The van der Waals surface area contributed by atoms with Gasteiger partial charge >= 0.3 is 0 Å². The number of carbonyl (C=O) groups is 1. The molecule has 0 radical (unpaired) electrons. The molecule has 0 bridgehead atoms. The third-order valence-electron chi connectivity index (χ3n) is 4.43. The van der Waals surface area contributed by atoms with Crippen molar-refractivity contribution in [1.82, 2.24) is 14.8 Å². The highest BCUT2D eigenvalue weighted by molar-refractivity contribution is 8.00. The van der Waals surface area contributed by atoms with Gasteiger partial charge in [0.1, 0.15) is 0 Å². The first-order chi connectivity index (χ1) is 14.0. The lowest BCUT2D eigenvalue weighted by Gasteiger charge is -2.13. The molecular formula is C20H19ClN4O3S. The van der Waals surface area contributed by atoms with Gasteiger partial charge in [0.2, 0.25) is 12.7 Å². The summed E-state index contributed by atoms with van der Waals surface area (Å²) in [5, 5.41) is 12.5. The fraction of sp³-hybridized carbons (Fsp3) is 0.250. The number of rotatable bonds is 6. The number of halogens is 1. The first-order valence-electron chi connectivity index (χ1n) is 9.11. The molecule has 1 N–H and O–H groups in total. The molecule has 150 valence electrons. The average molecular weight is 431 g/mol. The van der Waals surface area contributed by atoms with E-state index in [9.17, 15) is 4.79 Å². The summed E-state index contributed by atoms with van der Waals surface area (Å²) in [6, 6.07) is 12.8. The fourth-order valence-electron chi connectivity index (χ4n) is 2.90. The molecule has 0 fully saturated rings. The van der Waals surface area contributed by atoms with Crippen molar-refractivity contribution in [3.63, 3.8) is 0 Å². The standard InChI is InChI=1S/C20H19ClN4O3S/c1-3-25-18(13-4-6-14(21)7-5-13)23-24-20(25)29-12(2)19(26)22-15-8-9-16-17(10-15)28-11-27-16/h4-10,12H,3,11H2,1-2H3,(H,22,26). The topological polar surface area (TPSA) is 78.3 Å². The van der Waals surface area contributed by atoms with Crippen LogP contribution in [0.15, 0.2) is 47.6 Å². The maximum absolute atomic E-state index is 12.7. The van der Waals surface area contributed by atoms with Gasteiger partial charge in [-0.15, -0.1) is 10.2 Å². The predicted molar refractivity (Wildman–Crippen MR) is 113 cm³/mol. The van der Waals surface area contributed by atoms with Crippen LogP contribution in [0.1, 0.15) is 13.8 Å². The number of amides is 1. The first kappa shape index (κ1) is 19.6. The van der Waals surface area contributed by atoms with Gasteiger partial charge in [0.15, 0.2) is 22.5 Å². The number of aromatic nitrogens is 3. The van der Waals surface area contributed by atoms with Crippen LogP contribution in [-0.4, -0.2) is 32.7 Å². The molecule has 2 aromatic carbocycles. The van der Waals surface area contributed by atoms with E-state index in [0.717, 1.165) is 11.4 Å². The average Bonchev–Trinajstić information content (AvgIpc) is 3.34. The largest absolute Gasteiger partial charge is 0.454 e. The molecule has 3 aromatic rings. The van der Waals surface area contributed by atoms with E-state index >= 15 is 0 Å². The van der Waals surface area contributed by atoms with E-state index < -0.39 is 0 Å². The Morgan fingerprint density at radius 1 is 1.21 bits per heavy atom. The highest BCUT2D eigenvalue weighted by Gasteiger charge is 2.21. The molecule has 0 spiro atoms. The van der Waals surface area contributed by atoms with Gasteiger partial charge in [0, 0.05) is 28.9 Å². The Kier molecular flexibility index (Phi) is 5.64. The van der Waals surface area contributed by atoms with E-state index in [0.29, 0.717) is 33.9 Å². The van der Waals surface area contributed by atoms with Crippen molar-refractivity contribution in [3.05, 3.63) is 47.5 Å². The summed E-state index contributed by atoms with van der Waals surface area (Å²) in [6.45, 7) is 4.74. The normalized spacial score (nSPS) is 13.3. The predicted octanol–water partition coefficient (Wildman–Crippen LogP) is 4.47. The van der Waals surface area contributed by atoms with Crippen LogP contribution >= 0.6 is 23.4 Å². The summed E-state index contributed by atoms with van der Waals surface area (Å²) in [5.74, 6) is 1.92. The van der Waals surface area contributed by atoms with Crippen LogP contribution in [0, 0.1) is 0 Å². The summed E-state index contributed by atoms with van der Waals surface area (Å²) in [4.78, 5) is 12.7. The Labute approximate surface area is 177 Å². The Morgan fingerprint density at radius 3 is 2.72 bits per heavy atom. The van der Waals surface area contributed by atoms with Gasteiger partial charge < -0.3 is 19.4 Å². The minimum absolute atomic E-state index is 0.132. The highest BCUT2D eigenvalue weighted by atomic mass is 35.5. The second kappa shape index (κ2) is 8.34. The van der Waals surface area contributed by atoms with Crippen molar-refractivity contribution in [2.45, 2.75) is 30.8 Å². The molecule has 1 aliphatic rings. The second-order valence-corrected chi connectivity index (χ2v) is 8.12. The van der Waals surface area contributed by atoms with Crippen LogP contribution in [0.2, 0.25) is 5.02 Å². The van der Waals surface area contributed by atoms with Crippen molar-refractivity contribution in [2.75, 3.05) is 12.1 Å². The van der Waals surface area contributed by atoms with Crippen molar-refractivity contribution < 1.29 is 14.3 Å². The van der Waals surface area contributed by atoms with E-state index in [1.807, 2.05) is 42.7 Å². The lowest BCUT2D eigenvalue weighted by Crippen LogP contribution is -2.22. The molecule has 9 heteroatoms. The number of ether oxygens (including phenoxy) is 2. The monoisotopic (exact) mass is 430 g/mol. The summed E-state index contributed by atoms with van der Waals surface area (Å²) in [7, 11) is 0. The van der Waals surface area contributed by atoms with Gasteiger partial charge in [-0.2, -0.15) is 0 Å². The van der Waals surface area contributed by atoms with Crippen LogP contribution in [-0.2, 0) is 11.3 Å². The number of carbonyl (C=O) groups excluding carboxylic acids is 1. The van der Waals surface area contributed by atoms with E-state index in [-0.39, 0.29) is 18.0 Å². The molecule has 1 aromatic heterocycles. The molecule has 1 unspecified atom stereocenters. The zero-order chi connectivity index (χ0) is 20.4. The van der Waals surface area contributed by atoms with Gasteiger partial charge in [-0.3, -0.25) is 4.79 Å². The molecule has 4 rings (SSSR count). The fourth-order valence-corrected chi connectivity index (χ4v) is 3.94. The summed E-state index contributed by atoms with van der Waals surface area (Å²) in [5.41, 5.74) is 1.58. The molecule has 0 saturated heterocycles. The quantitative estimate of drug-likeness (QED) is 0.581. The van der Waals surface area contributed by atoms with E-state index in [4.69, 9.17) is 21.1 Å². The zero-order valence-electron chi connectivity index (χ0n) is 15.9. The van der Waals surface area contributed by atoms with Crippen molar-refractivity contribution in [3.8, 4) is 22.9 Å². The number of nitrogens with one attached hydrogen (secondary N) is 1. The molecule has 1 aliphatic heterocycles. The third kappa shape index (κ3) is 4.18. The molecule has 7 nitrogen and oxygen atoms in total. The zero-order valence-corrected chi connectivity index (χ0v) is 17.5. The SMILES string of the molecule is CCn1c(SC(C)C(=O)Nc2ccc3c(c2)OCO3)nnc1-c1ccc(Cl)cc1. The number of hydrogen-bond acceptors (Lipinski definition) is 6. The smallest absolute Gasteiger partial charge is 0.237 e. The Morgan fingerprint density at radius 2 is 1.97 bits per heavy atom. The minimum Gasteiger partial charge on any atom is -0.454 e. The van der Waals surface area contributed by atoms with Crippen LogP contribution in [0.5, 0.6) is 11.5 Å². The van der Waals surface area contributed by atoms with E-state index in [2.05, 4.69) is 15.5 Å². The number of hydrogen-bond donors (Lipinski definition) is 1. The molecule has 2 heterocycles. The van der Waals surface area contributed by atoms with Gasteiger partial charge in [-0.1, -0.05) is 23.4 Å². The third-order valence-corrected chi connectivity index (χ3v) is 5.76. The van der Waals surface area contributed by atoms with Crippen LogP contribution in [0.25, 0.3) is 11.4 Å². The number of fused-ring (bicyclic) bond motifs is 1. The van der Waals surface area contributed by atoms with Gasteiger partial charge in [-0.25, -0.2) is 0 Å². The van der Waals surface area contributed by atoms with Crippen LogP contribution in [0.3, 0.4) is 0 Å².